The van der Waals surface area contributed by atoms with Gasteiger partial charge in [0.1, 0.15) is 0 Å². The normalized spacial score (nSPS) is 11.5. The molecule has 0 fully saturated rings. The zero-order valence-electron chi connectivity index (χ0n) is 21.1. The smallest absolute Gasteiger partial charge is 0.0601 e. The monoisotopic (exact) mass is 435 g/mol. The SMILES string of the molecule is CCCCCCCCCN(CCCCCCCCC)C(c1ccccc1)c1ccccc1. The lowest BCUT2D eigenvalue weighted by molar-refractivity contribution is 0.214. The van der Waals surface area contributed by atoms with E-state index in [1.807, 2.05) is 0 Å². The summed E-state index contributed by atoms with van der Waals surface area (Å²) in [7, 11) is 0. The summed E-state index contributed by atoms with van der Waals surface area (Å²) in [5.41, 5.74) is 2.87. The lowest BCUT2D eigenvalue weighted by Gasteiger charge is -2.33. The summed E-state index contributed by atoms with van der Waals surface area (Å²) >= 11 is 0. The summed E-state index contributed by atoms with van der Waals surface area (Å²) in [5, 5.41) is 0. The summed E-state index contributed by atoms with van der Waals surface area (Å²) in [6, 6.07) is 22.7. The molecule has 1 nitrogen and oxygen atoms in total. The maximum absolute atomic E-state index is 2.78. The lowest BCUT2D eigenvalue weighted by Crippen LogP contribution is -2.31. The van der Waals surface area contributed by atoms with Crippen LogP contribution >= 0.6 is 0 Å². The van der Waals surface area contributed by atoms with Gasteiger partial charge < -0.3 is 0 Å². The van der Waals surface area contributed by atoms with Crippen LogP contribution < -0.4 is 0 Å². The van der Waals surface area contributed by atoms with Gasteiger partial charge in [0.25, 0.3) is 0 Å². The van der Waals surface area contributed by atoms with E-state index in [9.17, 15) is 0 Å². The molecule has 0 aliphatic heterocycles. The van der Waals surface area contributed by atoms with Gasteiger partial charge in [0.2, 0.25) is 0 Å². The first-order chi connectivity index (χ1) is 15.9. The van der Waals surface area contributed by atoms with Crippen molar-refractivity contribution in [3.8, 4) is 0 Å². The van der Waals surface area contributed by atoms with Gasteiger partial charge in [-0.15, -0.1) is 0 Å². The predicted molar refractivity (Wildman–Crippen MR) is 142 cm³/mol. The molecule has 0 radical (unpaired) electrons. The minimum absolute atomic E-state index is 0.373. The molecule has 0 bridgehead atoms. The Kier molecular flexibility index (Phi) is 14.9. The summed E-state index contributed by atoms with van der Waals surface area (Å²) in [5.74, 6) is 0. The summed E-state index contributed by atoms with van der Waals surface area (Å²) in [6.07, 6.45) is 19.3. The van der Waals surface area contributed by atoms with Crippen LogP contribution in [-0.2, 0) is 0 Å². The van der Waals surface area contributed by atoms with Gasteiger partial charge in [-0.05, 0) is 37.1 Å². The Morgan fingerprint density at radius 2 is 0.812 bits per heavy atom. The van der Waals surface area contributed by atoms with E-state index in [-0.39, 0.29) is 0 Å². The van der Waals surface area contributed by atoms with Gasteiger partial charge in [-0.2, -0.15) is 0 Å². The first kappa shape index (κ1) is 26.7. The minimum atomic E-state index is 0.373. The molecule has 2 aromatic rings. The highest BCUT2D eigenvalue weighted by molar-refractivity contribution is 5.31. The molecule has 0 saturated carbocycles. The van der Waals surface area contributed by atoms with Crippen molar-refractivity contribution in [3.05, 3.63) is 71.8 Å². The van der Waals surface area contributed by atoms with Crippen LogP contribution in [0.25, 0.3) is 0 Å². The quantitative estimate of drug-likeness (QED) is 0.198. The summed E-state index contributed by atoms with van der Waals surface area (Å²) in [6.45, 7) is 7.01. The van der Waals surface area contributed by atoms with Crippen LogP contribution in [0.4, 0.5) is 0 Å². The van der Waals surface area contributed by atoms with Gasteiger partial charge in [-0.1, -0.05) is 152 Å². The Balaban J connectivity index is 1.99. The molecule has 178 valence electrons. The van der Waals surface area contributed by atoms with E-state index in [0.29, 0.717) is 6.04 Å². The van der Waals surface area contributed by atoms with Crippen LogP contribution in [-0.4, -0.2) is 18.0 Å². The van der Waals surface area contributed by atoms with Crippen molar-refractivity contribution >= 4 is 0 Å². The highest BCUT2D eigenvalue weighted by atomic mass is 15.2. The van der Waals surface area contributed by atoms with Crippen molar-refractivity contribution in [3.63, 3.8) is 0 Å². The minimum Gasteiger partial charge on any atom is -0.292 e. The number of hydrogen-bond acceptors (Lipinski definition) is 1. The van der Waals surface area contributed by atoms with Crippen LogP contribution in [0.15, 0.2) is 60.7 Å². The third-order valence-electron chi connectivity index (χ3n) is 6.69. The molecule has 0 aliphatic rings. The standard InChI is InChI=1S/C31H49N/c1-3-5-7-9-11-13-21-27-32(28-22-14-12-10-8-6-4-2)31(29-23-17-15-18-24-29)30-25-19-16-20-26-30/h15-20,23-26,31H,3-14,21-22,27-28H2,1-2H3. The topological polar surface area (TPSA) is 3.24 Å². The van der Waals surface area contributed by atoms with E-state index in [4.69, 9.17) is 0 Å². The Morgan fingerprint density at radius 3 is 1.19 bits per heavy atom. The molecule has 0 atom stereocenters. The molecular formula is C31H49N. The van der Waals surface area contributed by atoms with Crippen LogP contribution in [0.3, 0.4) is 0 Å². The maximum atomic E-state index is 2.78. The van der Waals surface area contributed by atoms with E-state index in [1.54, 1.807) is 0 Å². The van der Waals surface area contributed by atoms with E-state index >= 15 is 0 Å². The van der Waals surface area contributed by atoms with Crippen molar-refractivity contribution in [2.75, 3.05) is 13.1 Å². The lowest BCUT2D eigenvalue weighted by atomic mass is 9.96. The van der Waals surface area contributed by atoms with Crippen LogP contribution in [0.5, 0.6) is 0 Å². The largest absolute Gasteiger partial charge is 0.292 e. The van der Waals surface area contributed by atoms with Gasteiger partial charge in [-0.25, -0.2) is 0 Å². The van der Waals surface area contributed by atoms with E-state index < -0.39 is 0 Å². The van der Waals surface area contributed by atoms with Gasteiger partial charge in [0.15, 0.2) is 0 Å². The Bertz CT molecular complexity index is 593. The molecule has 32 heavy (non-hydrogen) atoms. The average Bonchev–Trinajstić information content (AvgIpc) is 2.84. The second-order valence-electron chi connectivity index (χ2n) is 9.50. The van der Waals surface area contributed by atoms with Crippen LogP contribution in [0.2, 0.25) is 0 Å². The van der Waals surface area contributed by atoms with Crippen molar-refractivity contribution in [2.45, 2.75) is 110 Å². The highest BCUT2D eigenvalue weighted by Crippen LogP contribution is 2.29. The summed E-state index contributed by atoms with van der Waals surface area (Å²) in [4.78, 5) is 2.78. The highest BCUT2D eigenvalue weighted by Gasteiger charge is 2.21. The van der Waals surface area contributed by atoms with Crippen LogP contribution in [0, 0.1) is 0 Å². The maximum Gasteiger partial charge on any atom is 0.0601 e. The molecule has 1 heteroatoms. The fourth-order valence-corrected chi connectivity index (χ4v) is 4.80. The Hall–Kier alpha value is -1.60. The second kappa shape index (κ2) is 17.9. The molecular weight excluding hydrogens is 386 g/mol. The van der Waals surface area contributed by atoms with Gasteiger partial charge >= 0.3 is 0 Å². The number of nitrogens with zero attached hydrogens (tertiary/aromatic N) is 1. The average molecular weight is 436 g/mol. The van der Waals surface area contributed by atoms with E-state index in [1.165, 1.54) is 114 Å². The third-order valence-corrected chi connectivity index (χ3v) is 6.69. The van der Waals surface area contributed by atoms with Gasteiger partial charge in [0.05, 0.1) is 6.04 Å². The Labute approximate surface area is 199 Å². The summed E-state index contributed by atoms with van der Waals surface area (Å²) < 4.78 is 0. The molecule has 0 heterocycles. The van der Waals surface area contributed by atoms with Gasteiger partial charge in [0, 0.05) is 0 Å². The van der Waals surface area contributed by atoms with Crippen molar-refractivity contribution in [2.24, 2.45) is 0 Å². The molecule has 0 amide bonds. The zero-order chi connectivity index (χ0) is 22.7. The van der Waals surface area contributed by atoms with E-state index in [0.717, 1.165) is 0 Å². The third kappa shape index (κ3) is 10.8. The molecule has 0 N–H and O–H groups in total. The fourth-order valence-electron chi connectivity index (χ4n) is 4.80. The first-order valence-corrected chi connectivity index (χ1v) is 13.7. The van der Waals surface area contributed by atoms with Crippen LogP contribution in [0.1, 0.15) is 121 Å². The zero-order valence-corrected chi connectivity index (χ0v) is 21.1. The van der Waals surface area contributed by atoms with E-state index in [2.05, 4.69) is 79.4 Å². The molecule has 0 saturated heterocycles. The molecule has 2 aromatic carbocycles. The van der Waals surface area contributed by atoms with Crippen molar-refractivity contribution in [1.29, 1.82) is 0 Å². The predicted octanol–water partition coefficient (Wildman–Crippen LogP) is 9.58. The first-order valence-electron chi connectivity index (χ1n) is 13.7. The number of benzene rings is 2. The number of hydrogen-bond donors (Lipinski definition) is 0. The molecule has 0 spiro atoms. The van der Waals surface area contributed by atoms with Gasteiger partial charge in [-0.3, -0.25) is 4.90 Å². The molecule has 0 aliphatic carbocycles. The molecule has 2 rings (SSSR count). The number of rotatable bonds is 19. The molecule has 0 unspecified atom stereocenters. The second-order valence-corrected chi connectivity index (χ2v) is 9.50. The Morgan fingerprint density at radius 1 is 0.469 bits per heavy atom. The molecule has 0 aromatic heterocycles. The number of unbranched alkanes of at least 4 members (excludes halogenated alkanes) is 12. The van der Waals surface area contributed by atoms with Crippen molar-refractivity contribution < 1.29 is 0 Å². The fraction of sp³-hybridized carbons (Fsp3) is 0.613. The van der Waals surface area contributed by atoms with Crippen molar-refractivity contribution in [1.82, 2.24) is 4.90 Å².